The van der Waals surface area contributed by atoms with E-state index in [1.165, 1.54) is 0 Å². The van der Waals surface area contributed by atoms with Crippen LogP contribution < -0.4 is 5.32 Å². The predicted octanol–water partition coefficient (Wildman–Crippen LogP) is 1.39. The van der Waals surface area contributed by atoms with Gasteiger partial charge in [-0.3, -0.25) is 0 Å². The van der Waals surface area contributed by atoms with Crippen molar-refractivity contribution < 1.29 is 5.11 Å². The molecule has 4 nitrogen and oxygen atoms in total. The molecule has 0 saturated heterocycles. The minimum atomic E-state index is 0.126. The summed E-state index contributed by atoms with van der Waals surface area (Å²) in [7, 11) is 1.86. The molecule has 1 aromatic rings. The summed E-state index contributed by atoms with van der Waals surface area (Å²) < 4.78 is 1.81. The Bertz CT molecular complexity index is 390. The predicted molar refractivity (Wildman–Crippen MR) is 67.3 cm³/mol. The summed E-state index contributed by atoms with van der Waals surface area (Å²) in [5, 5.41) is 21.4. The molecule has 1 heterocycles. The summed E-state index contributed by atoms with van der Waals surface area (Å²) in [6.45, 7) is 5.12. The van der Waals surface area contributed by atoms with E-state index in [2.05, 4.69) is 25.2 Å². The third-order valence-corrected chi connectivity index (χ3v) is 2.75. The Balaban J connectivity index is 2.51. The van der Waals surface area contributed by atoms with Gasteiger partial charge in [0, 0.05) is 25.8 Å². The Kier molecular flexibility index (Phi) is 5.20. The van der Waals surface area contributed by atoms with Gasteiger partial charge in [0.15, 0.2) is 0 Å². The molecule has 1 aromatic heterocycles. The van der Waals surface area contributed by atoms with Gasteiger partial charge in [0.25, 0.3) is 0 Å². The van der Waals surface area contributed by atoms with Gasteiger partial charge in [0.1, 0.15) is 11.8 Å². The van der Waals surface area contributed by atoms with E-state index in [4.69, 9.17) is 5.26 Å². The molecule has 0 amide bonds. The Morgan fingerprint density at radius 1 is 1.53 bits per heavy atom. The van der Waals surface area contributed by atoms with Crippen molar-refractivity contribution in [2.24, 2.45) is 13.0 Å². The Morgan fingerprint density at radius 2 is 2.24 bits per heavy atom. The fraction of sp³-hybridized carbons (Fsp3) is 0.615. The monoisotopic (exact) mass is 235 g/mol. The van der Waals surface area contributed by atoms with Crippen molar-refractivity contribution in [3.8, 4) is 6.07 Å². The van der Waals surface area contributed by atoms with Crippen molar-refractivity contribution >= 4 is 0 Å². The molecule has 2 N–H and O–H groups in total. The quantitative estimate of drug-likeness (QED) is 0.783. The van der Waals surface area contributed by atoms with Crippen LogP contribution in [-0.2, 0) is 13.6 Å². The average molecular weight is 235 g/mol. The second kappa shape index (κ2) is 6.43. The molecule has 94 valence electrons. The van der Waals surface area contributed by atoms with Crippen LogP contribution >= 0.6 is 0 Å². The molecule has 0 aliphatic carbocycles. The lowest BCUT2D eigenvalue weighted by atomic mass is 10.0. The first-order chi connectivity index (χ1) is 8.06. The van der Waals surface area contributed by atoms with Gasteiger partial charge < -0.3 is 15.0 Å². The van der Waals surface area contributed by atoms with Gasteiger partial charge >= 0.3 is 0 Å². The van der Waals surface area contributed by atoms with Gasteiger partial charge in [-0.15, -0.1) is 0 Å². The van der Waals surface area contributed by atoms with Crippen LogP contribution in [0.5, 0.6) is 0 Å². The molecule has 0 saturated carbocycles. The van der Waals surface area contributed by atoms with Gasteiger partial charge in [0.2, 0.25) is 0 Å². The lowest BCUT2D eigenvalue weighted by Crippen LogP contribution is -2.33. The van der Waals surface area contributed by atoms with Crippen molar-refractivity contribution in [1.82, 2.24) is 9.88 Å². The summed E-state index contributed by atoms with van der Waals surface area (Å²) in [5.74, 6) is 0.560. The second-order valence-corrected chi connectivity index (χ2v) is 4.85. The first kappa shape index (κ1) is 13.8. The number of aliphatic hydroxyl groups is 1. The fourth-order valence-electron chi connectivity index (χ4n) is 1.89. The number of nitriles is 1. The molecule has 4 heteroatoms. The van der Waals surface area contributed by atoms with Gasteiger partial charge in [-0.1, -0.05) is 13.8 Å². The Labute approximate surface area is 103 Å². The molecule has 0 bridgehead atoms. The van der Waals surface area contributed by atoms with Crippen molar-refractivity contribution in [3.05, 3.63) is 23.5 Å². The van der Waals surface area contributed by atoms with E-state index in [1.54, 1.807) is 0 Å². The zero-order chi connectivity index (χ0) is 12.8. The number of aryl methyl sites for hydroxylation is 1. The number of nitrogens with zero attached hydrogens (tertiary/aromatic N) is 2. The fourth-order valence-corrected chi connectivity index (χ4v) is 1.89. The van der Waals surface area contributed by atoms with Gasteiger partial charge in [-0.05, 0) is 24.0 Å². The van der Waals surface area contributed by atoms with Crippen molar-refractivity contribution in [2.75, 3.05) is 6.61 Å². The zero-order valence-electron chi connectivity index (χ0n) is 10.8. The highest BCUT2D eigenvalue weighted by Gasteiger charge is 2.10. The first-order valence-corrected chi connectivity index (χ1v) is 5.96. The molecule has 1 atom stereocenters. The second-order valence-electron chi connectivity index (χ2n) is 4.85. The van der Waals surface area contributed by atoms with Crippen molar-refractivity contribution in [1.29, 1.82) is 5.26 Å². The molecule has 1 rings (SSSR count). The molecule has 0 aliphatic heterocycles. The number of hydrogen-bond acceptors (Lipinski definition) is 3. The van der Waals surface area contributed by atoms with Crippen LogP contribution in [0.3, 0.4) is 0 Å². The number of nitrogens with one attached hydrogen (secondary N) is 1. The lowest BCUT2D eigenvalue weighted by molar-refractivity contribution is 0.223. The molecule has 0 aliphatic rings. The van der Waals surface area contributed by atoms with Crippen LogP contribution in [0.15, 0.2) is 12.3 Å². The molecule has 0 fully saturated rings. The van der Waals surface area contributed by atoms with Crippen LogP contribution in [0.1, 0.15) is 31.5 Å². The highest BCUT2D eigenvalue weighted by molar-refractivity contribution is 5.28. The van der Waals surface area contributed by atoms with Crippen LogP contribution in [0.2, 0.25) is 0 Å². The highest BCUT2D eigenvalue weighted by atomic mass is 16.3. The zero-order valence-corrected chi connectivity index (χ0v) is 10.8. The van der Waals surface area contributed by atoms with Crippen LogP contribution in [0.25, 0.3) is 0 Å². The first-order valence-electron chi connectivity index (χ1n) is 5.96. The van der Waals surface area contributed by atoms with Gasteiger partial charge in [0.05, 0.1) is 6.61 Å². The summed E-state index contributed by atoms with van der Waals surface area (Å²) in [6, 6.07) is 4.13. The summed E-state index contributed by atoms with van der Waals surface area (Å²) >= 11 is 0. The minimum absolute atomic E-state index is 0.126. The number of aliphatic hydroxyl groups excluding tert-OH is 1. The van der Waals surface area contributed by atoms with Crippen LogP contribution in [0, 0.1) is 17.2 Å². The summed E-state index contributed by atoms with van der Waals surface area (Å²) in [6.07, 6.45) is 2.89. The third-order valence-electron chi connectivity index (χ3n) is 2.75. The van der Waals surface area contributed by atoms with Gasteiger partial charge in [-0.2, -0.15) is 5.26 Å². The molecule has 0 spiro atoms. The normalized spacial score (nSPS) is 12.7. The number of rotatable bonds is 6. The lowest BCUT2D eigenvalue weighted by Gasteiger charge is -2.17. The Hall–Kier alpha value is -1.31. The maximum absolute atomic E-state index is 9.24. The largest absolute Gasteiger partial charge is 0.395 e. The maximum Gasteiger partial charge on any atom is 0.120 e. The molecule has 1 unspecified atom stereocenters. The third kappa shape index (κ3) is 4.22. The van der Waals surface area contributed by atoms with E-state index in [-0.39, 0.29) is 12.6 Å². The van der Waals surface area contributed by atoms with E-state index in [0.717, 1.165) is 12.0 Å². The SMILES string of the molecule is CC(C)CC(CO)NCc1cc(C#N)n(C)c1. The minimum Gasteiger partial charge on any atom is -0.395 e. The average Bonchev–Trinajstić information content (AvgIpc) is 2.64. The Morgan fingerprint density at radius 3 is 2.71 bits per heavy atom. The van der Waals surface area contributed by atoms with Crippen LogP contribution in [0.4, 0.5) is 0 Å². The standard InChI is InChI=1S/C13H21N3O/c1-10(2)4-12(9-17)15-7-11-5-13(6-14)16(3)8-11/h5,8,10,12,15,17H,4,7,9H2,1-3H3. The topological polar surface area (TPSA) is 61.0 Å². The molecule has 0 radical (unpaired) electrons. The highest BCUT2D eigenvalue weighted by Crippen LogP contribution is 2.08. The smallest absolute Gasteiger partial charge is 0.120 e. The molecular weight excluding hydrogens is 214 g/mol. The number of hydrogen-bond donors (Lipinski definition) is 2. The van der Waals surface area contributed by atoms with E-state index in [1.807, 2.05) is 23.9 Å². The maximum atomic E-state index is 9.24. The van der Waals surface area contributed by atoms with Crippen molar-refractivity contribution in [3.63, 3.8) is 0 Å². The van der Waals surface area contributed by atoms with Crippen molar-refractivity contribution in [2.45, 2.75) is 32.9 Å². The van der Waals surface area contributed by atoms with Crippen LogP contribution in [-0.4, -0.2) is 22.3 Å². The molecule has 17 heavy (non-hydrogen) atoms. The van der Waals surface area contributed by atoms with E-state index in [0.29, 0.717) is 18.2 Å². The molecular formula is C13H21N3O. The summed E-state index contributed by atoms with van der Waals surface area (Å²) in [5.41, 5.74) is 1.73. The van der Waals surface area contributed by atoms with E-state index < -0.39 is 0 Å². The number of aromatic nitrogens is 1. The summed E-state index contributed by atoms with van der Waals surface area (Å²) in [4.78, 5) is 0. The van der Waals surface area contributed by atoms with E-state index >= 15 is 0 Å². The van der Waals surface area contributed by atoms with Gasteiger partial charge in [-0.25, -0.2) is 0 Å². The molecule has 0 aromatic carbocycles. The van der Waals surface area contributed by atoms with E-state index in [9.17, 15) is 5.11 Å².